The van der Waals surface area contributed by atoms with Crippen LogP contribution in [-0.4, -0.2) is 6.54 Å². The van der Waals surface area contributed by atoms with Crippen molar-refractivity contribution in [2.45, 2.75) is 45.1 Å². The van der Waals surface area contributed by atoms with Crippen molar-refractivity contribution in [3.63, 3.8) is 0 Å². The average Bonchev–Trinajstić information content (AvgIpc) is 2.91. The molecule has 0 aliphatic heterocycles. The smallest absolute Gasteiger partial charge is 0.152 e. The lowest BCUT2D eigenvalue weighted by Gasteiger charge is -2.29. The maximum absolute atomic E-state index is 6.22. The Kier molecular flexibility index (Phi) is 4.32. The number of benzene rings is 1. The molecule has 1 atom stereocenters. The van der Waals surface area contributed by atoms with Gasteiger partial charge in [-0.1, -0.05) is 49.9 Å². The van der Waals surface area contributed by atoms with Crippen LogP contribution in [0.1, 0.15) is 50.8 Å². The Hall–Kier alpha value is -0.990. The molecule has 1 aromatic carbocycles. The van der Waals surface area contributed by atoms with Gasteiger partial charge in [-0.15, -0.1) is 0 Å². The summed E-state index contributed by atoms with van der Waals surface area (Å²) in [6.07, 6.45) is 6.65. The minimum absolute atomic E-state index is 0.323. The predicted molar refractivity (Wildman–Crippen MR) is 84.2 cm³/mol. The van der Waals surface area contributed by atoms with E-state index in [9.17, 15) is 0 Å². The molecule has 1 N–H and O–H groups in total. The van der Waals surface area contributed by atoms with Crippen LogP contribution in [0.3, 0.4) is 0 Å². The summed E-state index contributed by atoms with van der Waals surface area (Å²) in [4.78, 5) is 0. The second-order valence-electron chi connectivity index (χ2n) is 5.74. The van der Waals surface area contributed by atoms with Gasteiger partial charge in [-0.05, 0) is 37.4 Å². The third kappa shape index (κ3) is 2.72. The van der Waals surface area contributed by atoms with Gasteiger partial charge in [0.15, 0.2) is 5.58 Å². The molecule has 1 saturated carbocycles. The van der Waals surface area contributed by atoms with Crippen LogP contribution in [0.25, 0.3) is 11.0 Å². The minimum Gasteiger partial charge on any atom is -0.458 e. The highest BCUT2D eigenvalue weighted by molar-refractivity contribution is 6.34. The Balaban J connectivity index is 1.93. The molecule has 0 bridgehead atoms. The standard InChI is InChI=1S/C17H22ClNO/c1-2-19-16(12-7-4-3-5-8-12)15-11-13-9-6-10-14(18)17(13)20-15/h6,9-12,16,19H,2-5,7-8H2,1H3. The normalized spacial score (nSPS) is 18.5. The molecule has 108 valence electrons. The van der Waals surface area contributed by atoms with Gasteiger partial charge in [-0.3, -0.25) is 0 Å². The number of halogens is 1. The fourth-order valence-electron chi connectivity index (χ4n) is 3.39. The van der Waals surface area contributed by atoms with Crippen molar-refractivity contribution in [3.05, 3.63) is 35.0 Å². The van der Waals surface area contributed by atoms with Crippen LogP contribution in [0.2, 0.25) is 5.02 Å². The number of fused-ring (bicyclic) bond motifs is 1. The summed E-state index contributed by atoms with van der Waals surface area (Å²) in [5, 5.41) is 5.42. The van der Waals surface area contributed by atoms with Crippen molar-refractivity contribution >= 4 is 22.6 Å². The largest absolute Gasteiger partial charge is 0.458 e. The summed E-state index contributed by atoms with van der Waals surface area (Å²) >= 11 is 6.22. The molecular formula is C17H22ClNO. The summed E-state index contributed by atoms with van der Waals surface area (Å²) in [6.45, 7) is 3.12. The maximum atomic E-state index is 6.22. The van der Waals surface area contributed by atoms with E-state index in [1.807, 2.05) is 12.1 Å². The highest BCUT2D eigenvalue weighted by atomic mass is 35.5. The highest BCUT2D eigenvalue weighted by Gasteiger charge is 2.27. The van der Waals surface area contributed by atoms with E-state index in [0.717, 1.165) is 23.3 Å². The lowest BCUT2D eigenvalue weighted by molar-refractivity contribution is 0.250. The molecule has 1 aliphatic rings. The molecule has 1 unspecified atom stereocenters. The van der Waals surface area contributed by atoms with Gasteiger partial charge in [0.05, 0.1) is 11.1 Å². The van der Waals surface area contributed by atoms with Crippen molar-refractivity contribution in [2.24, 2.45) is 5.92 Å². The van der Waals surface area contributed by atoms with Crippen LogP contribution in [0.4, 0.5) is 0 Å². The van der Waals surface area contributed by atoms with Crippen LogP contribution >= 0.6 is 11.6 Å². The van der Waals surface area contributed by atoms with Gasteiger partial charge in [0.1, 0.15) is 5.76 Å². The Morgan fingerprint density at radius 2 is 2.10 bits per heavy atom. The van der Waals surface area contributed by atoms with Crippen molar-refractivity contribution in [2.75, 3.05) is 6.54 Å². The number of furan rings is 1. The monoisotopic (exact) mass is 291 g/mol. The number of hydrogen-bond acceptors (Lipinski definition) is 2. The van der Waals surface area contributed by atoms with Crippen molar-refractivity contribution in [3.8, 4) is 0 Å². The molecule has 2 nitrogen and oxygen atoms in total. The fourth-order valence-corrected chi connectivity index (χ4v) is 3.61. The zero-order chi connectivity index (χ0) is 13.9. The van der Waals surface area contributed by atoms with E-state index in [0.29, 0.717) is 17.0 Å². The van der Waals surface area contributed by atoms with Gasteiger partial charge in [0, 0.05) is 5.39 Å². The lowest BCUT2D eigenvalue weighted by Crippen LogP contribution is -2.29. The van der Waals surface area contributed by atoms with Crippen LogP contribution in [0, 0.1) is 5.92 Å². The molecule has 3 rings (SSSR count). The van der Waals surface area contributed by atoms with Gasteiger partial charge in [-0.25, -0.2) is 0 Å². The van der Waals surface area contributed by atoms with Gasteiger partial charge >= 0.3 is 0 Å². The van der Waals surface area contributed by atoms with Crippen LogP contribution in [0.15, 0.2) is 28.7 Å². The van der Waals surface area contributed by atoms with Gasteiger partial charge in [-0.2, -0.15) is 0 Å². The summed E-state index contributed by atoms with van der Waals surface area (Å²) in [6, 6.07) is 8.41. The molecule has 1 aliphatic carbocycles. The van der Waals surface area contributed by atoms with E-state index in [-0.39, 0.29) is 0 Å². The molecule has 0 radical (unpaired) electrons. The van der Waals surface area contributed by atoms with Crippen LogP contribution < -0.4 is 5.32 Å². The molecule has 0 spiro atoms. The van der Waals surface area contributed by atoms with Crippen molar-refractivity contribution < 1.29 is 4.42 Å². The zero-order valence-corrected chi connectivity index (χ0v) is 12.7. The first-order valence-corrected chi connectivity index (χ1v) is 8.08. The van der Waals surface area contributed by atoms with Crippen molar-refractivity contribution in [1.29, 1.82) is 0 Å². The predicted octanol–water partition coefficient (Wildman–Crippen LogP) is 5.32. The van der Waals surface area contributed by atoms with Crippen LogP contribution in [-0.2, 0) is 0 Å². The molecule has 3 heteroatoms. The van der Waals surface area contributed by atoms with E-state index in [1.54, 1.807) is 0 Å². The van der Waals surface area contributed by atoms with Crippen molar-refractivity contribution in [1.82, 2.24) is 5.32 Å². The highest BCUT2D eigenvalue weighted by Crippen LogP contribution is 2.37. The first-order chi connectivity index (χ1) is 9.79. The van der Waals surface area contributed by atoms with E-state index in [1.165, 1.54) is 32.1 Å². The first-order valence-electron chi connectivity index (χ1n) is 7.71. The summed E-state index contributed by atoms with van der Waals surface area (Å²) in [7, 11) is 0. The summed E-state index contributed by atoms with van der Waals surface area (Å²) < 4.78 is 6.07. The summed E-state index contributed by atoms with van der Waals surface area (Å²) in [5.74, 6) is 1.73. The number of hydrogen-bond donors (Lipinski definition) is 1. The quantitative estimate of drug-likeness (QED) is 0.825. The molecule has 1 heterocycles. The fraction of sp³-hybridized carbons (Fsp3) is 0.529. The molecule has 1 aromatic heterocycles. The van der Waals surface area contributed by atoms with E-state index in [2.05, 4.69) is 24.4 Å². The number of rotatable bonds is 4. The second kappa shape index (κ2) is 6.19. The lowest BCUT2D eigenvalue weighted by atomic mass is 9.83. The Labute approximate surface area is 125 Å². The molecule has 0 amide bonds. The number of para-hydroxylation sites is 1. The Morgan fingerprint density at radius 3 is 2.80 bits per heavy atom. The van der Waals surface area contributed by atoms with Gasteiger partial charge in [0.25, 0.3) is 0 Å². The topological polar surface area (TPSA) is 25.2 Å². The van der Waals surface area contributed by atoms with E-state index >= 15 is 0 Å². The molecule has 0 saturated heterocycles. The van der Waals surface area contributed by atoms with E-state index in [4.69, 9.17) is 16.0 Å². The third-order valence-electron chi connectivity index (χ3n) is 4.37. The Morgan fingerprint density at radius 1 is 1.30 bits per heavy atom. The Bertz CT molecular complexity index is 571. The third-order valence-corrected chi connectivity index (χ3v) is 4.66. The maximum Gasteiger partial charge on any atom is 0.152 e. The second-order valence-corrected chi connectivity index (χ2v) is 6.15. The van der Waals surface area contributed by atoms with E-state index < -0.39 is 0 Å². The zero-order valence-electron chi connectivity index (χ0n) is 12.0. The molecule has 1 fully saturated rings. The van der Waals surface area contributed by atoms with Crippen LogP contribution in [0.5, 0.6) is 0 Å². The minimum atomic E-state index is 0.323. The van der Waals surface area contributed by atoms with Gasteiger partial charge < -0.3 is 9.73 Å². The molecule has 2 aromatic rings. The molecule has 20 heavy (non-hydrogen) atoms. The van der Waals surface area contributed by atoms with Gasteiger partial charge in [0.2, 0.25) is 0 Å². The average molecular weight is 292 g/mol. The summed E-state index contributed by atoms with van der Waals surface area (Å²) in [5.41, 5.74) is 0.822. The molecular weight excluding hydrogens is 270 g/mol. The number of nitrogens with one attached hydrogen (secondary N) is 1. The SMILES string of the molecule is CCNC(c1cc2cccc(Cl)c2o1)C1CCCCC1. The first kappa shape index (κ1) is 14.0.